The highest BCUT2D eigenvalue weighted by atomic mass is 79.9. The Bertz CT molecular complexity index is 1490. The van der Waals surface area contributed by atoms with Crippen LogP contribution in [-0.2, 0) is 14.1 Å². The van der Waals surface area contributed by atoms with Gasteiger partial charge >= 0.3 is 0 Å². The van der Waals surface area contributed by atoms with E-state index in [1.807, 2.05) is 90.6 Å². The first-order valence-corrected chi connectivity index (χ1v) is 12.0. The molecule has 0 atom stereocenters. The van der Waals surface area contributed by atoms with Crippen LogP contribution in [0, 0.1) is 0 Å². The molecule has 0 unspecified atom stereocenters. The molecule has 9 heteroatoms. The number of H-pyrrole nitrogens is 1. The Labute approximate surface area is 224 Å². The van der Waals surface area contributed by atoms with E-state index in [9.17, 15) is 0 Å². The SMILES string of the molecule is Brc1ccc2cn[nH]c2c1.C.C.Cn1cc2ccc(Br)cc2n1.Cn1ncc2ccc(Br)cc21. The van der Waals surface area contributed by atoms with Crippen molar-refractivity contribution in [1.29, 1.82) is 0 Å². The fraction of sp³-hybridized carbons (Fsp3) is 0.160. The van der Waals surface area contributed by atoms with Crippen molar-refractivity contribution in [2.24, 2.45) is 14.1 Å². The van der Waals surface area contributed by atoms with E-state index in [2.05, 4.69) is 74.3 Å². The van der Waals surface area contributed by atoms with Gasteiger partial charge in [-0.25, -0.2) is 0 Å². The smallest absolute Gasteiger partial charge is 0.0934 e. The van der Waals surface area contributed by atoms with Gasteiger partial charge in [0, 0.05) is 49.9 Å². The first-order chi connectivity index (χ1) is 15.4. The number of halogens is 3. The summed E-state index contributed by atoms with van der Waals surface area (Å²) in [5.41, 5.74) is 3.25. The molecule has 0 saturated heterocycles. The van der Waals surface area contributed by atoms with Crippen molar-refractivity contribution in [1.82, 2.24) is 29.8 Å². The Morgan fingerprint density at radius 2 is 1.35 bits per heavy atom. The van der Waals surface area contributed by atoms with Crippen LogP contribution in [0.2, 0.25) is 0 Å². The average Bonchev–Trinajstić information content (AvgIpc) is 3.47. The van der Waals surface area contributed by atoms with Crippen molar-refractivity contribution < 1.29 is 0 Å². The molecule has 0 bridgehead atoms. The highest BCUT2D eigenvalue weighted by Gasteiger charge is 1.98. The molecule has 3 heterocycles. The number of nitrogens with zero attached hydrogens (tertiary/aromatic N) is 5. The second kappa shape index (κ2) is 12.3. The van der Waals surface area contributed by atoms with Crippen LogP contribution in [0.1, 0.15) is 14.9 Å². The summed E-state index contributed by atoms with van der Waals surface area (Å²) in [5, 5.41) is 18.7. The molecule has 6 aromatic rings. The van der Waals surface area contributed by atoms with Gasteiger partial charge in [-0.15, -0.1) is 0 Å². The van der Waals surface area contributed by atoms with E-state index in [1.165, 1.54) is 10.8 Å². The maximum atomic E-state index is 4.26. The van der Waals surface area contributed by atoms with Gasteiger partial charge in [0.25, 0.3) is 0 Å². The van der Waals surface area contributed by atoms with Crippen molar-refractivity contribution in [3.63, 3.8) is 0 Å². The average molecular weight is 651 g/mol. The fourth-order valence-electron chi connectivity index (χ4n) is 3.14. The number of hydrogen-bond acceptors (Lipinski definition) is 3. The predicted octanol–water partition coefficient (Wildman–Crippen LogP) is 8.27. The first kappa shape index (κ1) is 27.8. The van der Waals surface area contributed by atoms with Crippen molar-refractivity contribution in [3.05, 3.63) is 86.6 Å². The topological polar surface area (TPSA) is 64.3 Å². The minimum absolute atomic E-state index is 0. The van der Waals surface area contributed by atoms with Gasteiger partial charge < -0.3 is 0 Å². The molecule has 0 aliphatic heterocycles. The van der Waals surface area contributed by atoms with Gasteiger partial charge in [0.2, 0.25) is 0 Å². The molecule has 34 heavy (non-hydrogen) atoms. The van der Waals surface area contributed by atoms with E-state index in [4.69, 9.17) is 0 Å². The molecule has 6 rings (SSSR count). The maximum Gasteiger partial charge on any atom is 0.0934 e. The van der Waals surface area contributed by atoms with Gasteiger partial charge in [0.1, 0.15) is 0 Å². The molecule has 178 valence electrons. The summed E-state index contributed by atoms with van der Waals surface area (Å²) in [4.78, 5) is 0. The standard InChI is InChI=1S/2C8H7BrN2.C7H5BrN2.2CH4/c1-11-5-6-2-3-7(9)4-8(6)10-11;1-11-8-4-7(9)3-2-6(8)5-10-11;8-6-2-1-5-4-9-10-7(5)3-6;;/h2*2-5H,1H3;1-4H,(H,9,10);2*1H4. The largest absolute Gasteiger partial charge is 0.278 e. The number of rotatable bonds is 0. The lowest BCUT2D eigenvalue weighted by Crippen LogP contribution is -1.87. The zero-order valence-corrected chi connectivity index (χ0v) is 22.1. The third kappa shape index (κ3) is 6.77. The number of aromatic nitrogens is 6. The molecule has 3 aromatic heterocycles. The molecule has 0 aliphatic carbocycles. The second-order valence-corrected chi connectivity index (χ2v) is 9.83. The van der Waals surface area contributed by atoms with E-state index < -0.39 is 0 Å². The van der Waals surface area contributed by atoms with Gasteiger partial charge in [-0.3, -0.25) is 14.5 Å². The Morgan fingerprint density at radius 3 is 2.09 bits per heavy atom. The van der Waals surface area contributed by atoms with E-state index in [-0.39, 0.29) is 14.9 Å². The zero-order chi connectivity index (χ0) is 22.7. The maximum absolute atomic E-state index is 4.26. The number of fused-ring (bicyclic) bond motifs is 3. The molecule has 0 fully saturated rings. The van der Waals surface area contributed by atoms with Crippen LogP contribution in [0.5, 0.6) is 0 Å². The number of benzene rings is 3. The minimum Gasteiger partial charge on any atom is -0.278 e. The zero-order valence-electron chi connectivity index (χ0n) is 17.3. The Morgan fingerprint density at radius 1 is 0.735 bits per heavy atom. The Kier molecular flexibility index (Phi) is 10.0. The monoisotopic (exact) mass is 648 g/mol. The molecule has 0 aliphatic rings. The summed E-state index contributed by atoms with van der Waals surface area (Å²) in [6.45, 7) is 0. The molecule has 1 N–H and O–H groups in total. The molecule has 0 radical (unpaired) electrons. The van der Waals surface area contributed by atoms with Crippen LogP contribution >= 0.6 is 47.8 Å². The predicted molar refractivity (Wildman–Crippen MR) is 154 cm³/mol. The Hall–Kier alpha value is -2.49. The molecule has 0 spiro atoms. The van der Waals surface area contributed by atoms with Gasteiger partial charge in [0.15, 0.2) is 0 Å². The van der Waals surface area contributed by atoms with E-state index in [0.29, 0.717) is 0 Å². The molecule has 3 aromatic carbocycles. The molecule has 0 amide bonds. The summed E-state index contributed by atoms with van der Waals surface area (Å²) in [6, 6.07) is 18.2. The van der Waals surface area contributed by atoms with E-state index in [0.717, 1.165) is 35.4 Å². The summed E-state index contributed by atoms with van der Waals surface area (Å²) in [6.07, 6.45) is 5.67. The summed E-state index contributed by atoms with van der Waals surface area (Å²) < 4.78 is 6.92. The molecular formula is C25H27Br3N6. The molecular weight excluding hydrogens is 624 g/mol. The van der Waals surface area contributed by atoms with Crippen molar-refractivity contribution in [2.75, 3.05) is 0 Å². The summed E-state index contributed by atoms with van der Waals surface area (Å²) in [5.74, 6) is 0. The highest BCUT2D eigenvalue weighted by Crippen LogP contribution is 2.19. The number of aromatic amines is 1. The van der Waals surface area contributed by atoms with Crippen LogP contribution in [0.4, 0.5) is 0 Å². The van der Waals surface area contributed by atoms with Crippen LogP contribution in [0.3, 0.4) is 0 Å². The van der Waals surface area contributed by atoms with Gasteiger partial charge in [-0.2, -0.15) is 15.3 Å². The second-order valence-electron chi connectivity index (χ2n) is 7.08. The summed E-state index contributed by atoms with van der Waals surface area (Å²) in [7, 11) is 3.86. The fourth-order valence-corrected chi connectivity index (χ4v) is 4.20. The highest BCUT2D eigenvalue weighted by molar-refractivity contribution is 9.11. The van der Waals surface area contributed by atoms with Crippen LogP contribution in [0.15, 0.2) is 86.6 Å². The first-order valence-electron chi connectivity index (χ1n) is 9.64. The van der Waals surface area contributed by atoms with Crippen molar-refractivity contribution in [3.8, 4) is 0 Å². The van der Waals surface area contributed by atoms with Crippen LogP contribution in [0.25, 0.3) is 32.7 Å². The van der Waals surface area contributed by atoms with Gasteiger partial charge in [-0.05, 0) is 36.4 Å². The number of hydrogen-bond donors (Lipinski definition) is 1. The molecule has 6 nitrogen and oxygen atoms in total. The quantitative estimate of drug-likeness (QED) is 0.180. The summed E-state index contributed by atoms with van der Waals surface area (Å²) >= 11 is 10.2. The normalized spacial score (nSPS) is 10.0. The van der Waals surface area contributed by atoms with Crippen molar-refractivity contribution >= 4 is 80.5 Å². The third-order valence-electron chi connectivity index (χ3n) is 4.70. The lowest BCUT2D eigenvalue weighted by atomic mass is 10.3. The van der Waals surface area contributed by atoms with E-state index in [1.54, 1.807) is 0 Å². The lowest BCUT2D eigenvalue weighted by Gasteiger charge is -1.93. The van der Waals surface area contributed by atoms with Gasteiger partial charge in [-0.1, -0.05) is 80.8 Å². The number of nitrogens with one attached hydrogen (secondary N) is 1. The van der Waals surface area contributed by atoms with Crippen LogP contribution in [-0.4, -0.2) is 29.8 Å². The van der Waals surface area contributed by atoms with E-state index >= 15 is 0 Å². The van der Waals surface area contributed by atoms with Crippen LogP contribution < -0.4 is 0 Å². The lowest BCUT2D eigenvalue weighted by molar-refractivity contribution is 0.779. The minimum atomic E-state index is 0. The third-order valence-corrected chi connectivity index (χ3v) is 6.18. The molecule has 0 saturated carbocycles. The number of aryl methyl sites for hydroxylation is 2. The Balaban J connectivity index is 0.000000175. The van der Waals surface area contributed by atoms with Crippen molar-refractivity contribution in [2.45, 2.75) is 14.9 Å². The van der Waals surface area contributed by atoms with Gasteiger partial charge in [0.05, 0.1) is 28.9 Å².